The molecule has 0 radical (unpaired) electrons. The molecule has 0 bridgehead atoms. The van der Waals surface area contributed by atoms with Crippen LogP contribution in [0.25, 0.3) is 0 Å². The van der Waals surface area contributed by atoms with Crippen LogP contribution in [0.15, 0.2) is 5.10 Å². The van der Waals surface area contributed by atoms with E-state index >= 15 is 0 Å². The second-order valence-electron chi connectivity index (χ2n) is 3.14. The highest BCUT2D eigenvalue weighted by Gasteiger charge is 2.27. The Hall–Kier alpha value is -0.740. The van der Waals surface area contributed by atoms with E-state index in [1.807, 2.05) is 12.3 Å². The van der Waals surface area contributed by atoms with Crippen molar-refractivity contribution in [1.29, 1.82) is 0 Å². The second-order valence-corrected chi connectivity index (χ2v) is 3.14. The van der Waals surface area contributed by atoms with Gasteiger partial charge in [0, 0.05) is 5.71 Å². The number of nitrogens with one attached hydrogen (secondary N) is 1. The van der Waals surface area contributed by atoms with Gasteiger partial charge in [-0.05, 0) is 18.8 Å². The Balaban J connectivity index is 2.14. The topological polar surface area (TPSA) is 24.4 Å². The van der Waals surface area contributed by atoms with Crippen LogP contribution in [0, 0.1) is 5.92 Å². The Kier molecular flexibility index (Phi) is 2.59. The quantitative estimate of drug-likeness (QED) is 0.645. The molecule has 0 spiro atoms. The molecular formula is C7H11F3N2. The Morgan fingerprint density at radius 1 is 1.50 bits per heavy atom. The van der Waals surface area contributed by atoms with Crippen LogP contribution in [0.5, 0.6) is 0 Å². The number of halogens is 3. The molecule has 0 aromatic heterocycles. The Labute approximate surface area is 68.8 Å². The number of nitrogens with zero attached hydrogens (tertiary/aromatic N) is 1. The molecule has 0 unspecified atom stereocenters. The van der Waals surface area contributed by atoms with E-state index in [2.05, 4.69) is 5.10 Å². The lowest BCUT2D eigenvalue weighted by molar-refractivity contribution is -0.124. The summed E-state index contributed by atoms with van der Waals surface area (Å²) in [6.07, 6.45) is -2.52. The fourth-order valence-electron chi connectivity index (χ4n) is 1.08. The van der Waals surface area contributed by atoms with E-state index in [-0.39, 0.29) is 0 Å². The average molecular weight is 180 g/mol. The number of hydrazone groups is 1. The molecular weight excluding hydrogens is 169 g/mol. The third-order valence-electron chi connectivity index (χ3n) is 1.68. The normalized spacial score (nSPS) is 23.3. The van der Waals surface area contributed by atoms with E-state index in [0.717, 1.165) is 18.6 Å². The van der Waals surface area contributed by atoms with Crippen molar-refractivity contribution in [3.8, 4) is 0 Å². The Bertz CT molecular complexity index is 178. The molecule has 2 nitrogen and oxygen atoms in total. The first-order valence-electron chi connectivity index (χ1n) is 3.82. The van der Waals surface area contributed by atoms with Crippen molar-refractivity contribution in [2.45, 2.75) is 25.9 Å². The number of alkyl halides is 3. The molecule has 70 valence electrons. The van der Waals surface area contributed by atoms with Crippen molar-refractivity contribution in [3.05, 3.63) is 0 Å². The first kappa shape index (κ1) is 9.35. The molecule has 0 aromatic rings. The van der Waals surface area contributed by atoms with Crippen LogP contribution in [0.1, 0.15) is 19.8 Å². The molecule has 1 aliphatic carbocycles. The first-order valence-corrected chi connectivity index (χ1v) is 3.82. The van der Waals surface area contributed by atoms with Crippen molar-refractivity contribution in [1.82, 2.24) is 5.43 Å². The third kappa shape index (κ3) is 3.11. The molecule has 0 heterocycles. The Morgan fingerprint density at radius 3 is 2.50 bits per heavy atom. The van der Waals surface area contributed by atoms with E-state index in [4.69, 9.17) is 0 Å². The lowest BCUT2D eigenvalue weighted by Crippen LogP contribution is -2.29. The van der Waals surface area contributed by atoms with Crippen LogP contribution in [-0.2, 0) is 0 Å². The fraction of sp³-hybridized carbons (Fsp3) is 0.857. The maximum atomic E-state index is 11.6. The van der Waals surface area contributed by atoms with Gasteiger partial charge in [0.2, 0.25) is 0 Å². The summed E-state index contributed by atoms with van der Waals surface area (Å²) in [5, 5.41) is 3.61. The van der Waals surface area contributed by atoms with Crippen LogP contribution < -0.4 is 5.43 Å². The summed E-state index contributed by atoms with van der Waals surface area (Å²) in [6, 6.07) is 0. The van der Waals surface area contributed by atoms with E-state index in [9.17, 15) is 13.2 Å². The van der Waals surface area contributed by atoms with Gasteiger partial charge in [0.05, 0.1) is 0 Å². The molecule has 1 saturated carbocycles. The standard InChI is InChI=1S/C7H11F3N2/c1-5-2-6(3-5)12-11-4-7(8,9)10/h5,11H,2-4H2,1H3. The van der Waals surface area contributed by atoms with Crippen molar-refractivity contribution in [3.63, 3.8) is 0 Å². The summed E-state index contributed by atoms with van der Waals surface area (Å²) >= 11 is 0. The predicted octanol–water partition coefficient (Wildman–Crippen LogP) is 1.92. The number of rotatable bonds is 2. The molecule has 0 saturated heterocycles. The van der Waals surface area contributed by atoms with Gasteiger partial charge >= 0.3 is 6.18 Å². The van der Waals surface area contributed by atoms with E-state index < -0.39 is 12.7 Å². The zero-order valence-electron chi connectivity index (χ0n) is 6.78. The van der Waals surface area contributed by atoms with E-state index in [1.165, 1.54) is 0 Å². The summed E-state index contributed by atoms with van der Waals surface area (Å²) < 4.78 is 34.7. The van der Waals surface area contributed by atoms with Crippen molar-refractivity contribution in [2.24, 2.45) is 11.0 Å². The van der Waals surface area contributed by atoms with E-state index in [1.54, 1.807) is 0 Å². The molecule has 12 heavy (non-hydrogen) atoms. The van der Waals surface area contributed by atoms with Crippen molar-refractivity contribution >= 4 is 5.71 Å². The van der Waals surface area contributed by atoms with Gasteiger partial charge < -0.3 is 5.43 Å². The monoisotopic (exact) mass is 180 g/mol. The zero-order chi connectivity index (χ0) is 9.19. The lowest BCUT2D eigenvalue weighted by Gasteiger charge is -2.23. The summed E-state index contributed by atoms with van der Waals surface area (Å²) in [4.78, 5) is 0. The zero-order valence-corrected chi connectivity index (χ0v) is 6.78. The minimum atomic E-state index is -4.17. The molecule has 5 heteroatoms. The summed E-state index contributed by atoms with van der Waals surface area (Å²) in [7, 11) is 0. The highest BCUT2D eigenvalue weighted by molar-refractivity contribution is 5.89. The van der Waals surface area contributed by atoms with Gasteiger partial charge in [-0.3, -0.25) is 0 Å². The molecule has 1 rings (SSSR count). The van der Waals surface area contributed by atoms with Gasteiger partial charge in [0.15, 0.2) is 0 Å². The minimum Gasteiger partial charge on any atom is -0.301 e. The summed E-state index contributed by atoms with van der Waals surface area (Å²) in [5.41, 5.74) is 2.85. The maximum Gasteiger partial charge on any atom is 0.407 e. The van der Waals surface area contributed by atoms with Gasteiger partial charge in [-0.15, -0.1) is 0 Å². The largest absolute Gasteiger partial charge is 0.407 e. The first-order chi connectivity index (χ1) is 5.47. The molecule has 1 fully saturated rings. The van der Waals surface area contributed by atoms with Crippen LogP contribution in [0.2, 0.25) is 0 Å². The summed E-state index contributed by atoms with van der Waals surface area (Å²) in [5.74, 6) is 0.580. The van der Waals surface area contributed by atoms with Gasteiger partial charge in [0.1, 0.15) is 6.54 Å². The molecule has 0 aromatic carbocycles. The van der Waals surface area contributed by atoms with Gasteiger partial charge in [-0.25, -0.2) is 0 Å². The van der Waals surface area contributed by atoms with Gasteiger partial charge in [-0.1, -0.05) is 6.92 Å². The molecule has 0 aliphatic heterocycles. The highest BCUT2D eigenvalue weighted by Crippen LogP contribution is 2.22. The van der Waals surface area contributed by atoms with Gasteiger partial charge in [0.25, 0.3) is 0 Å². The summed E-state index contributed by atoms with van der Waals surface area (Å²) in [6.45, 7) is 1.01. The maximum absolute atomic E-state index is 11.6. The van der Waals surface area contributed by atoms with Crippen molar-refractivity contribution < 1.29 is 13.2 Å². The van der Waals surface area contributed by atoms with Crippen LogP contribution >= 0.6 is 0 Å². The molecule has 1 aliphatic rings. The van der Waals surface area contributed by atoms with Gasteiger partial charge in [-0.2, -0.15) is 18.3 Å². The van der Waals surface area contributed by atoms with Crippen LogP contribution in [-0.4, -0.2) is 18.4 Å². The minimum absolute atomic E-state index is 0.580. The van der Waals surface area contributed by atoms with Crippen LogP contribution in [0.4, 0.5) is 13.2 Å². The third-order valence-corrected chi connectivity index (χ3v) is 1.68. The predicted molar refractivity (Wildman–Crippen MR) is 39.9 cm³/mol. The van der Waals surface area contributed by atoms with Crippen molar-refractivity contribution in [2.75, 3.05) is 6.54 Å². The SMILES string of the molecule is CC1CC(=NNCC(F)(F)F)C1. The molecule has 1 N–H and O–H groups in total. The highest BCUT2D eigenvalue weighted by atomic mass is 19.4. The van der Waals surface area contributed by atoms with Crippen LogP contribution in [0.3, 0.4) is 0 Å². The molecule has 0 atom stereocenters. The number of hydrogen-bond acceptors (Lipinski definition) is 2. The fourth-order valence-corrected chi connectivity index (χ4v) is 1.08. The number of hydrogen-bond donors (Lipinski definition) is 1. The lowest BCUT2D eigenvalue weighted by atomic mass is 9.85. The smallest absolute Gasteiger partial charge is 0.301 e. The average Bonchev–Trinajstić information content (AvgIpc) is 1.81. The van der Waals surface area contributed by atoms with E-state index in [0.29, 0.717) is 5.92 Å². The second kappa shape index (κ2) is 3.33. The molecule has 0 amide bonds. The Morgan fingerprint density at radius 2 is 2.08 bits per heavy atom.